The summed E-state index contributed by atoms with van der Waals surface area (Å²) in [6.45, 7) is 9.12. The number of nitrogens with zero attached hydrogens (tertiary/aromatic N) is 1. The highest BCUT2D eigenvalue weighted by Gasteiger charge is 2.03. The van der Waals surface area contributed by atoms with Gasteiger partial charge in [-0.05, 0) is 103 Å². The second-order valence-electron chi connectivity index (χ2n) is 10.2. The Morgan fingerprint density at radius 1 is 0.595 bits per heavy atom. The van der Waals surface area contributed by atoms with Crippen LogP contribution in [0.1, 0.15) is 51.0 Å². The molecule has 220 valence electrons. The Morgan fingerprint density at radius 3 is 1.55 bits per heavy atom. The number of ether oxygens (including phenoxy) is 4. The lowest BCUT2D eigenvalue weighted by molar-refractivity contribution is 0.148. The van der Waals surface area contributed by atoms with Crippen LogP contribution in [-0.2, 0) is 11.3 Å². The summed E-state index contributed by atoms with van der Waals surface area (Å²) in [5, 5.41) is 0. The first kappa shape index (κ1) is 30.9. The van der Waals surface area contributed by atoms with Crippen molar-refractivity contribution < 1.29 is 18.9 Å². The van der Waals surface area contributed by atoms with E-state index in [9.17, 15) is 0 Å². The smallest absolute Gasteiger partial charge is 0.119 e. The number of unbranched alkanes of at least 4 members (excludes halogenated alkanes) is 4. The first-order valence-electron chi connectivity index (χ1n) is 15.1. The summed E-state index contributed by atoms with van der Waals surface area (Å²) in [5.74, 6) is 2.72. The van der Waals surface area contributed by atoms with Crippen molar-refractivity contribution in [3.8, 4) is 39.6 Å². The quantitative estimate of drug-likeness (QED) is 0.0837. The number of rotatable bonds is 19. The van der Waals surface area contributed by atoms with Gasteiger partial charge in [0.05, 0.1) is 38.7 Å². The normalized spacial score (nSPS) is 10.8. The van der Waals surface area contributed by atoms with Crippen molar-refractivity contribution in [2.24, 2.45) is 0 Å². The van der Waals surface area contributed by atoms with Gasteiger partial charge in [0.15, 0.2) is 0 Å². The SMILES string of the molecule is C=CCOCc1ccc(-c2ccc(OCCCCCCOc3ccc(-c4ccc(OCCCC)cc4)cc3)cc2)nc1. The van der Waals surface area contributed by atoms with Crippen LogP contribution < -0.4 is 14.2 Å². The highest BCUT2D eigenvalue weighted by atomic mass is 16.5. The molecule has 4 rings (SSSR count). The zero-order chi connectivity index (χ0) is 29.2. The number of hydrogen-bond donors (Lipinski definition) is 0. The Bertz CT molecular complexity index is 1300. The van der Waals surface area contributed by atoms with Gasteiger partial charge >= 0.3 is 0 Å². The van der Waals surface area contributed by atoms with Gasteiger partial charge in [0.25, 0.3) is 0 Å². The van der Waals surface area contributed by atoms with Gasteiger partial charge in [-0.1, -0.05) is 49.8 Å². The maximum absolute atomic E-state index is 5.96. The van der Waals surface area contributed by atoms with Crippen molar-refractivity contribution in [1.82, 2.24) is 4.98 Å². The standard InChI is InChI=1S/C37H43NO4/c1-3-5-25-40-34-17-11-31(12-18-34)32-13-19-35(20-14-32)41-26-8-6-7-9-27-42-36-21-15-33(16-22-36)37-23-10-30(28-38-37)29-39-24-4-2/h4,10-23,28H,2-3,5-9,24-27,29H2,1H3. The van der Waals surface area contributed by atoms with Crippen LogP contribution >= 0.6 is 0 Å². The summed E-state index contributed by atoms with van der Waals surface area (Å²) < 4.78 is 23.1. The number of aromatic nitrogens is 1. The Morgan fingerprint density at radius 2 is 1.10 bits per heavy atom. The lowest BCUT2D eigenvalue weighted by Crippen LogP contribution is -2.00. The molecular formula is C37H43NO4. The van der Waals surface area contributed by atoms with Gasteiger partial charge in [0, 0.05) is 11.8 Å². The Hall–Kier alpha value is -4.09. The predicted molar refractivity (Wildman–Crippen MR) is 171 cm³/mol. The fourth-order valence-corrected chi connectivity index (χ4v) is 4.42. The van der Waals surface area contributed by atoms with Gasteiger partial charge < -0.3 is 18.9 Å². The minimum Gasteiger partial charge on any atom is -0.494 e. The fraction of sp³-hybridized carbons (Fsp3) is 0.324. The highest BCUT2D eigenvalue weighted by Crippen LogP contribution is 2.25. The molecular weight excluding hydrogens is 522 g/mol. The van der Waals surface area contributed by atoms with Crippen LogP contribution in [0.15, 0.2) is 104 Å². The molecule has 0 aliphatic heterocycles. The lowest BCUT2D eigenvalue weighted by Gasteiger charge is -2.09. The maximum Gasteiger partial charge on any atom is 0.119 e. The average Bonchev–Trinajstić information content (AvgIpc) is 3.04. The third kappa shape index (κ3) is 10.4. The van der Waals surface area contributed by atoms with Gasteiger partial charge in [-0.15, -0.1) is 6.58 Å². The van der Waals surface area contributed by atoms with E-state index < -0.39 is 0 Å². The van der Waals surface area contributed by atoms with E-state index >= 15 is 0 Å². The van der Waals surface area contributed by atoms with Crippen LogP contribution in [0.2, 0.25) is 0 Å². The molecule has 0 saturated carbocycles. The van der Waals surface area contributed by atoms with Crippen LogP contribution in [0.3, 0.4) is 0 Å². The van der Waals surface area contributed by atoms with Crippen molar-refractivity contribution in [2.45, 2.75) is 52.1 Å². The van der Waals surface area contributed by atoms with Crippen LogP contribution in [0, 0.1) is 0 Å². The largest absolute Gasteiger partial charge is 0.494 e. The van der Waals surface area contributed by atoms with E-state index in [0.717, 1.165) is 85.8 Å². The molecule has 0 aliphatic carbocycles. The highest BCUT2D eigenvalue weighted by molar-refractivity contribution is 5.65. The molecule has 0 spiro atoms. The molecule has 42 heavy (non-hydrogen) atoms. The van der Waals surface area contributed by atoms with Crippen LogP contribution in [0.4, 0.5) is 0 Å². The van der Waals surface area contributed by atoms with Gasteiger partial charge in [-0.3, -0.25) is 4.98 Å². The van der Waals surface area contributed by atoms with Gasteiger partial charge in [-0.2, -0.15) is 0 Å². The zero-order valence-corrected chi connectivity index (χ0v) is 24.8. The summed E-state index contributed by atoms with van der Waals surface area (Å²) in [6, 6.07) is 28.8. The Kier molecular flexibility index (Phi) is 13.0. The van der Waals surface area contributed by atoms with E-state index in [4.69, 9.17) is 18.9 Å². The molecule has 0 aliphatic rings. The average molecular weight is 566 g/mol. The molecule has 0 amide bonds. The second-order valence-corrected chi connectivity index (χ2v) is 10.2. The molecule has 1 aromatic heterocycles. The molecule has 3 aromatic carbocycles. The monoisotopic (exact) mass is 565 g/mol. The topological polar surface area (TPSA) is 49.8 Å². The second kappa shape index (κ2) is 17.7. The third-order valence-corrected chi connectivity index (χ3v) is 6.86. The first-order chi connectivity index (χ1) is 20.7. The van der Waals surface area contributed by atoms with Crippen molar-refractivity contribution >= 4 is 0 Å². The third-order valence-electron chi connectivity index (χ3n) is 6.86. The molecule has 0 N–H and O–H groups in total. The summed E-state index contributed by atoms with van der Waals surface area (Å²) in [6.07, 6.45) is 10.1. The van der Waals surface area contributed by atoms with Crippen LogP contribution in [0.25, 0.3) is 22.4 Å². The fourth-order valence-electron chi connectivity index (χ4n) is 4.42. The van der Waals surface area contributed by atoms with Gasteiger partial charge in [-0.25, -0.2) is 0 Å². The molecule has 0 unspecified atom stereocenters. The van der Waals surface area contributed by atoms with Crippen molar-refractivity contribution in [1.29, 1.82) is 0 Å². The van der Waals surface area contributed by atoms with Crippen molar-refractivity contribution in [3.05, 3.63) is 109 Å². The molecule has 4 aromatic rings. The number of benzene rings is 3. The molecule has 0 atom stereocenters. The van der Waals surface area contributed by atoms with Crippen LogP contribution in [0.5, 0.6) is 17.2 Å². The molecule has 0 saturated heterocycles. The van der Waals surface area contributed by atoms with Crippen molar-refractivity contribution in [3.63, 3.8) is 0 Å². The summed E-state index contributed by atoms with van der Waals surface area (Å²) in [5.41, 5.74) is 5.40. The Labute approximate surface area is 251 Å². The first-order valence-corrected chi connectivity index (χ1v) is 15.1. The van der Waals surface area contributed by atoms with E-state index in [2.05, 4.69) is 54.9 Å². The van der Waals surface area contributed by atoms with Crippen molar-refractivity contribution in [2.75, 3.05) is 26.4 Å². The van der Waals surface area contributed by atoms with E-state index in [1.165, 1.54) is 11.1 Å². The molecule has 5 nitrogen and oxygen atoms in total. The van der Waals surface area contributed by atoms with E-state index in [-0.39, 0.29) is 0 Å². The maximum atomic E-state index is 5.96. The van der Waals surface area contributed by atoms with Gasteiger partial charge in [0.2, 0.25) is 0 Å². The van der Waals surface area contributed by atoms with E-state index in [1.54, 1.807) is 6.08 Å². The molecule has 0 bridgehead atoms. The zero-order valence-electron chi connectivity index (χ0n) is 24.8. The minimum absolute atomic E-state index is 0.541. The van der Waals surface area contributed by atoms with E-state index in [0.29, 0.717) is 19.8 Å². The molecule has 0 fully saturated rings. The molecule has 5 heteroatoms. The Balaban J connectivity index is 1.07. The molecule has 0 radical (unpaired) electrons. The summed E-state index contributed by atoms with van der Waals surface area (Å²) >= 11 is 0. The minimum atomic E-state index is 0.541. The van der Waals surface area contributed by atoms with Crippen LogP contribution in [-0.4, -0.2) is 31.4 Å². The van der Waals surface area contributed by atoms with Gasteiger partial charge in [0.1, 0.15) is 17.2 Å². The number of pyridine rings is 1. The predicted octanol–water partition coefficient (Wildman–Crippen LogP) is 9.32. The number of hydrogen-bond acceptors (Lipinski definition) is 5. The summed E-state index contributed by atoms with van der Waals surface area (Å²) in [7, 11) is 0. The summed E-state index contributed by atoms with van der Waals surface area (Å²) in [4.78, 5) is 4.56. The van der Waals surface area contributed by atoms with E-state index in [1.807, 2.05) is 54.7 Å². The molecule has 1 heterocycles. The lowest BCUT2D eigenvalue weighted by atomic mass is 10.1.